The summed E-state index contributed by atoms with van der Waals surface area (Å²) in [5, 5.41) is 2.97. The van der Waals surface area contributed by atoms with Gasteiger partial charge in [-0.05, 0) is 31.0 Å². The molecule has 2 amide bonds. The quantitative estimate of drug-likeness (QED) is 0.763. The monoisotopic (exact) mass is 409 g/mol. The van der Waals surface area contributed by atoms with Crippen LogP contribution in [0.15, 0.2) is 18.2 Å². The maximum atomic E-state index is 13.6. The van der Waals surface area contributed by atoms with Gasteiger partial charge in [0.15, 0.2) is 0 Å². The van der Waals surface area contributed by atoms with E-state index in [1.165, 1.54) is 4.90 Å². The Hall–Kier alpha value is -1.87. The van der Waals surface area contributed by atoms with Crippen LogP contribution in [0.4, 0.5) is 17.6 Å². The Balaban J connectivity index is 0.00000261. The summed E-state index contributed by atoms with van der Waals surface area (Å²) in [5.74, 6) is -1.81. The van der Waals surface area contributed by atoms with E-state index in [2.05, 4.69) is 5.32 Å². The van der Waals surface area contributed by atoms with Crippen LogP contribution in [0.5, 0.6) is 0 Å². The molecule has 2 saturated heterocycles. The normalized spacial score (nSPS) is 21.0. The second-order valence-corrected chi connectivity index (χ2v) is 6.54. The lowest BCUT2D eigenvalue weighted by Gasteiger charge is -2.41. The zero-order chi connectivity index (χ0) is 18.9. The standard InChI is InChI=1S/C17H19F4N3O2.ClH/c18-13-7-11(6-12(8-13)17(19,20)21)16(26)23-4-1-2-14(10-23)24-5-3-22-9-15(24)25;/h6-8,14,22H,1-5,9-10H2;1H. The Labute approximate surface area is 160 Å². The number of likely N-dealkylation sites (tertiary alicyclic amines) is 1. The van der Waals surface area contributed by atoms with Crippen molar-refractivity contribution in [1.29, 1.82) is 0 Å². The summed E-state index contributed by atoms with van der Waals surface area (Å²) in [6.07, 6.45) is -3.36. The lowest BCUT2D eigenvalue weighted by atomic mass is 10.0. The fourth-order valence-electron chi connectivity index (χ4n) is 3.46. The average molecular weight is 410 g/mol. The van der Waals surface area contributed by atoms with Gasteiger partial charge in [-0.15, -0.1) is 12.4 Å². The molecule has 1 N–H and O–H groups in total. The van der Waals surface area contributed by atoms with Gasteiger partial charge >= 0.3 is 6.18 Å². The molecule has 0 aliphatic carbocycles. The van der Waals surface area contributed by atoms with E-state index in [1.54, 1.807) is 4.90 Å². The van der Waals surface area contributed by atoms with Crippen LogP contribution in [0.3, 0.4) is 0 Å². The van der Waals surface area contributed by atoms with E-state index < -0.39 is 23.5 Å². The van der Waals surface area contributed by atoms with Crippen molar-refractivity contribution in [2.24, 2.45) is 0 Å². The first-order chi connectivity index (χ1) is 12.3. The highest BCUT2D eigenvalue weighted by molar-refractivity contribution is 5.94. The summed E-state index contributed by atoms with van der Waals surface area (Å²) in [4.78, 5) is 27.8. The Morgan fingerprint density at radius 3 is 2.59 bits per heavy atom. The molecule has 0 spiro atoms. The van der Waals surface area contributed by atoms with Crippen molar-refractivity contribution in [1.82, 2.24) is 15.1 Å². The van der Waals surface area contributed by atoms with Crippen molar-refractivity contribution in [2.75, 3.05) is 32.7 Å². The van der Waals surface area contributed by atoms with E-state index in [4.69, 9.17) is 0 Å². The molecule has 1 unspecified atom stereocenters. The molecule has 0 radical (unpaired) electrons. The van der Waals surface area contributed by atoms with Gasteiger partial charge in [0.2, 0.25) is 5.91 Å². The first kappa shape index (κ1) is 21.4. The molecule has 2 fully saturated rings. The number of rotatable bonds is 2. The van der Waals surface area contributed by atoms with Crippen LogP contribution in [-0.2, 0) is 11.0 Å². The van der Waals surface area contributed by atoms with Crippen molar-refractivity contribution in [3.63, 3.8) is 0 Å². The number of carbonyl (C=O) groups is 2. The fourth-order valence-corrected chi connectivity index (χ4v) is 3.46. The summed E-state index contributed by atoms with van der Waals surface area (Å²) < 4.78 is 52.2. The predicted molar refractivity (Wildman–Crippen MR) is 92.2 cm³/mol. The molecule has 5 nitrogen and oxygen atoms in total. The van der Waals surface area contributed by atoms with Gasteiger partial charge in [-0.25, -0.2) is 4.39 Å². The minimum Gasteiger partial charge on any atom is -0.337 e. The minimum absolute atomic E-state index is 0. The maximum absolute atomic E-state index is 13.6. The van der Waals surface area contributed by atoms with Crippen molar-refractivity contribution in [2.45, 2.75) is 25.1 Å². The molecule has 0 saturated carbocycles. The number of piperidine rings is 1. The van der Waals surface area contributed by atoms with Gasteiger partial charge in [0.1, 0.15) is 5.82 Å². The summed E-state index contributed by atoms with van der Waals surface area (Å²) in [6.45, 7) is 2.04. The second kappa shape index (κ2) is 8.43. The first-order valence-corrected chi connectivity index (χ1v) is 8.43. The highest BCUT2D eigenvalue weighted by Gasteiger charge is 2.34. The third-order valence-electron chi connectivity index (χ3n) is 4.72. The molecule has 150 valence electrons. The zero-order valence-electron chi connectivity index (χ0n) is 14.4. The Morgan fingerprint density at radius 1 is 1.19 bits per heavy atom. The third kappa shape index (κ3) is 4.90. The van der Waals surface area contributed by atoms with Crippen LogP contribution in [0.1, 0.15) is 28.8 Å². The number of alkyl halides is 3. The van der Waals surface area contributed by atoms with Crippen molar-refractivity contribution >= 4 is 24.2 Å². The number of nitrogens with zero attached hydrogens (tertiary/aromatic N) is 2. The van der Waals surface area contributed by atoms with E-state index in [1.807, 2.05) is 0 Å². The summed E-state index contributed by atoms with van der Waals surface area (Å²) in [7, 11) is 0. The van der Waals surface area contributed by atoms with E-state index in [0.717, 1.165) is 12.5 Å². The minimum atomic E-state index is -4.73. The van der Waals surface area contributed by atoms with E-state index in [0.29, 0.717) is 38.2 Å². The van der Waals surface area contributed by atoms with Gasteiger partial charge < -0.3 is 15.1 Å². The number of halogens is 5. The molecular weight excluding hydrogens is 390 g/mol. The number of hydrogen-bond donors (Lipinski definition) is 1. The SMILES string of the molecule is Cl.O=C(c1cc(F)cc(C(F)(F)F)c1)N1CCCC(N2CCNCC2=O)C1. The van der Waals surface area contributed by atoms with Gasteiger partial charge in [-0.1, -0.05) is 0 Å². The number of nitrogens with one attached hydrogen (secondary N) is 1. The lowest BCUT2D eigenvalue weighted by Crippen LogP contribution is -2.57. The van der Waals surface area contributed by atoms with E-state index in [-0.39, 0.29) is 43.0 Å². The molecule has 2 aliphatic rings. The lowest BCUT2D eigenvalue weighted by molar-refractivity contribution is -0.138. The Bertz CT molecular complexity index is 714. The average Bonchev–Trinajstić information content (AvgIpc) is 2.60. The fraction of sp³-hybridized carbons (Fsp3) is 0.529. The molecule has 1 atom stereocenters. The van der Waals surface area contributed by atoms with Crippen molar-refractivity contribution < 1.29 is 27.2 Å². The van der Waals surface area contributed by atoms with Crippen LogP contribution >= 0.6 is 12.4 Å². The van der Waals surface area contributed by atoms with Crippen LogP contribution in [-0.4, -0.2) is 60.4 Å². The van der Waals surface area contributed by atoms with Crippen molar-refractivity contribution in [3.05, 3.63) is 35.1 Å². The number of piperazine rings is 1. The maximum Gasteiger partial charge on any atom is 0.416 e. The molecule has 3 rings (SSSR count). The zero-order valence-corrected chi connectivity index (χ0v) is 15.2. The number of carbonyl (C=O) groups excluding carboxylic acids is 2. The predicted octanol–water partition coefficient (Wildman–Crippen LogP) is 2.30. The van der Waals surface area contributed by atoms with Gasteiger partial charge in [-0.3, -0.25) is 9.59 Å². The second-order valence-electron chi connectivity index (χ2n) is 6.54. The van der Waals surface area contributed by atoms with Crippen molar-refractivity contribution in [3.8, 4) is 0 Å². The van der Waals surface area contributed by atoms with Gasteiger partial charge in [0.05, 0.1) is 12.1 Å². The van der Waals surface area contributed by atoms with E-state index >= 15 is 0 Å². The summed E-state index contributed by atoms with van der Waals surface area (Å²) >= 11 is 0. The molecule has 2 aliphatic heterocycles. The van der Waals surface area contributed by atoms with E-state index in [9.17, 15) is 27.2 Å². The van der Waals surface area contributed by atoms with Crippen LogP contribution in [0.2, 0.25) is 0 Å². The summed E-state index contributed by atoms with van der Waals surface area (Å²) in [5.41, 5.74) is -1.52. The largest absolute Gasteiger partial charge is 0.416 e. The Kier molecular flexibility index (Phi) is 6.69. The van der Waals surface area contributed by atoms with Gasteiger partial charge in [0.25, 0.3) is 5.91 Å². The van der Waals surface area contributed by atoms with Gasteiger partial charge in [-0.2, -0.15) is 13.2 Å². The molecule has 2 heterocycles. The highest BCUT2D eigenvalue weighted by atomic mass is 35.5. The third-order valence-corrected chi connectivity index (χ3v) is 4.72. The van der Waals surface area contributed by atoms with Gasteiger partial charge in [0, 0.05) is 37.8 Å². The smallest absolute Gasteiger partial charge is 0.337 e. The topological polar surface area (TPSA) is 52.7 Å². The molecule has 10 heteroatoms. The molecule has 27 heavy (non-hydrogen) atoms. The van der Waals surface area contributed by atoms with Crippen LogP contribution < -0.4 is 5.32 Å². The first-order valence-electron chi connectivity index (χ1n) is 8.43. The number of hydrogen-bond acceptors (Lipinski definition) is 3. The molecule has 1 aromatic carbocycles. The molecular formula is C17H20ClF4N3O2. The Morgan fingerprint density at radius 2 is 1.93 bits per heavy atom. The highest BCUT2D eigenvalue weighted by Crippen LogP contribution is 2.31. The molecule has 1 aromatic rings. The van der Waals surface area contributed by atoms with Crippen LogP contribution in [0, 0.1) is 5.82 Å². The molecule has 0 bridgehead atoms. The summed E-state index contributed by atoms with van der Waals surface area (Å²) in [6, 6.07) is 1.69. The molecule has 0 aromatic heterocycles. The number of amides is 2. The van der Waals surface area contributed by atoms with Crippen LogP contribution in [0.25, 0.3) is 0 Å². The number of benzene rings is 1.